The molecule has 0 unspecified atom stereocenters. The maximum atomic E-state index is 13.3. The number of benzene rings is 2. The van der Waals surface area contributed by atoms with Crippen LogP contribution in [0.5, 0.6) is 0 Å². The van der Waals surface area contributed by atoms with Gasteiger partial charge in [-0.2, -0.15) is 5.10 Å². The summed E-state index contributed by atoms with van der Waals surface area (Å²) in [4.78, 5) is 39.9. The summed E-state index contributed by atoms with van der Waals surface area (Å²) in [6, 6.07) is 15.8. The zero-order valence-electron chi connectivity index (χ0n) is 24.4. The molecule has 214 valence electrons. The number of aromatic nitrogens is 2. The predicted molar refractivity (Wildman–Crippen MR) is 158 cm³/mol. The second-order valence-corrected chi connectivity index (χ2v) is 10.8. The summed E-state index contributed by atoms with van der Waals surface area (Å²) < 4.78 is 6.76. The molecule has 0 fully saturated rings. The third-order valence-corrected chi connectivity index (χ3v) is 6.39. The van der Waals surface area contributed by atoms with Gasteiger partial charge in [-0.25, -0.2) is 14.3 Å². The number of para-hydroxylation sites is 1. The topological polar surface area (TPSA) is 106 Å². The molecule has 0 saturated heterocycles. The van der Waals surface area contributed by atoms with Crippen LogP contribution in [0.1, 0.15) is 75.5 Å². The molecule has 3 rings (SSSR count). The van der Waals surface area contributed by atoms with Crippen molar-refractivity contribution in [3.63, 3.8) is 0 Å². The molecular weight excluding hydrogens is 506 g/mol. The number of urea groups is 1. The minimum absolute atomic E-state index is 0.125. The van der Waals surface area contributed by atoms with E-state index in [0.29, 0.717) is 23.6 Å². The molecule has 40 heavy (non-hydrogen) atoms. The van der Waals surface area contributed by atoms with Crippen LogP contribution in [0.2, 0.25) is 0 Å². The number of hydrogen-bond acceptors (Lipinski definition) is 5. The van der Waals surface area contributed by atoms with E-state index in [0.717, 1.165) is 36.2 Å². The van der Waals surface area contributed by atoms with Gasteiger partial charge in [-0.05, 0) is 56.2 Å². The molecule has 0 saturated carbocycles. The van der Waals surface area contributed by atoms with Crippen molar-refractivity contribution >= 4 is 29.4 Å². The highest BCUT2D eigenvalue weighted by molar-refractivity contribution is 5.97. The monoisotopic (exact) mass is 547 g/mol. The molecule has 0 aliphatic rings. The first-order valence-corrected chi connectivity index (χ1v) is 13.8. The van der Waals surface area contributed by atoms with Crippen LogP contribution in [0, 0.1) is 6.92 Å². The summed E-state index contributed by atoms with van der Waals surface area (Å²) in [6.45, 7) is 12.6. The number of nitrogens with zero attached hydrogens (tertiary/aromatic N) is 3. The highest BCUT2D eigenvalue weighted by Crippen LogP contribution is 2.27. The number of anilines is 2. The first kappa shape index (κ1) is 30.4. The van der Waals surface area contributed by atoms with Crippen LogP contribution >= 0.6 is 0 Å². The van der Waals surface area contributed by atoms with Gasteiger partial charge in [0.05, 0.1) is 23.6 Å². The first-order valence-electron chi connectivity index (χ1n) is 13.8. The van der Waals surface area contributed by atoms with Crippen molar-refractivity contribution in [1.29, 1.82) is 0 Å². The average Bonchev–Trinajstić information content (AvgIpc) is 3.33. The zero-order chi connectivity index (χ0) is 29.3. The molecule has 9 nitrogen and oxygen atoms in total. The summed E-state index contributed by atoms with van der Waals surface area (Å²) in [7, 11) is 0. The Morgan fingerprint density at radius 2 is 1.68 bits per heavy atom. The SMILES string of the molecule is CCCCCN(CC(=O)Nc1cc(C(C)(C)C)nn1-c1ccccc1C)C(=O)Nc1ccc(C(=O)OCC)cc1. The summed E-state index contributed by atoms with van der Waals surface area (Å²) in [5, 5.41) is 10.6. The number of hydrogen-bond donors (Lipinski definition) is 2. The Bertz CT molecular complexity index is 1310. The predicted octanol–water partition coefficient (Wildman–Crippen LogP) is 6.32. The van der Waals surface area contributed by atoms with Crippen molar-refractivity contribution in [2.24, 2.45) is 0 Å². The van der Waals surface area contributed by atoms with Gasteiger partial charge in [0.1, 0.15) is 12.4 Å². The van der Waals surface area contributed by atoms with Crippen molar-refractivity contribution in [1.82, 2.24) is 14.7 Å². The Labute approximate surface area is 236 Å². The molecule has 0 bridgehead atoms. The molecule has 0 radical (unpaired) electrons. The van der Waals surface area contributed by atoms with Crippen molar-refractivity contribution in [2.75, 3.05) is 30.3 Å². The Balaban J connectivity index is 1.78. The van der Waals surface area contributed by atoms with E-state index in [4.69, 9.17) is 9.84 Å². The van der Waals surface area contributed by atoms with Gasteiger partial charge in [0.25, 0.3) is 0 Å². The van der Waals surface area contributed by atoms with Gasteiger partial charge in [0.2, 0.25) is 5.91 Å². The highest BCUT2D eigenvalue weighted by atomic mass is 16.5. The van der Waals surface area contributed by atoms with E-state index in [9.17, 15) is 14.4 Å². The Kier molecular flexibility index (Phi) is 10.5. The van der Waals surface area contributed by atoms with Crippen LogP contribution in [0.15, 0.2) is 54.6 Å². The van der Waals surface area contributed by atoms with E-state index >= 15 is 0 Å². The fourth-order valence-electron chi connectivity index (χ4n) is 4.09. The zero-order valence-corrected chi connectivity index (χ0v) is 24.4. The molecule has 3 aromatic rings. The Morgan fingerprint density at radius 3 is 2.30 bits per heavy atom. The number of aryl methyl sites for hydroxylation is 1. The fourth-order valence-corrected chi connectivity index (χ4v) is 4.09. The van der Waals surface area contributed by atoms with E-state index < -0.39 is 12.0 Å². The van der Waals surface area contributed by atoms with Gasteiger partial charge in [0, 0.05) is 23.7 Å². The van der Waals surface area contributed by atoms with Crippen LogP contribution in [-0.4, -0.2) is 52.3 Å². The summed E-state index contributed by atoms with van der Waals surface area (Å²) in [5.41, 5.74) is 3.44. The first-order chi connectivity index (χ1) is 19.0. The number of carbonyl (C=O) groups is 3. The number of esters is 1. The van der Waals surface area contributed by atoms with Gasteiger partial charge < -0.3 is 20.3 Å². The number of amides is 3. The molecule has 2 N–H and O–H groups in total. The molecule has 0 aliphatic carbocycles. The minimum atomic E-state index is -0.419. The molecule has 1 heterocycles. The van der Waals surface area contributed by atoms with Crippen molar-refractivity contribution < 1.29 is 19.1 Å². The highest BCUT2D eigenvalue weighted by Gasteiger charge is 2.23. The van der Waals surface area contributed by atoms with Crippen molar-refractivity contribution in [3.05, 3.63) is 71.4 Å². The number of carbonyl (C=O) groups excluding carboxylic acids is 3. The van der Waals surface area contributed by atoms with E-state index in [1.54, 1.807) is 35.9 Å². The van der Waals surface area contributed by atoms with E-state index in [-0.39, 0.29) is 24.5 Å². The molecule has 1 aromatic heterocycles. The molecule has 0 aliphatic heterocycles. The maximum absolute atomic E-state index is 13.3. The van der Waals surface area contributed by atoms with Crippen molar-refractivity contribution in [3.8, 4) is 5.69 Å². The van der Waals surface area contributed by atoms with Gasteiger partial charge in [-0.15, -0.1) is 0 Å². The number of unbranched alkanes of at least 4 members (excludes halogenated alkanes) is 2. The largest absolute Gasteiger partial charge is 0.462 e. The third-order valence-electron chi connectivity index (χ3n) is 6.39. The average molecular weight is 548 g/mol. The number of rotatable bonds is 11. The molecule has 2 aromatic carbocycles. The second-order valence-electron chi connectivity index (χ2n) is 10.8. The summed E-state index contributed by atoms with van der Waals surface area (Å²) in [5.74, 6) is -0.190. The van der Waals surface area contributed by atoms with Crippen LogP contribution in [0.4, 0.5) is 16.3 Å². The lowest BCUT2D eigenvalue weighted by Gasteiger charge is -2.23. The van der Waals surface area contributed by atoms with Gasteiger partial charge in [0.15, 0.2) is 0 Å². The molecule has 0 atom stereocenters. The Morgan fingerprint density at radius 1 is 0.975 bits per heavy atom. The van der Waals surface area contributed by atoms with Gasteiger partial charge >= 0.3 is 12.0 Å². The standard InChI is InChI=1S/C31H41N5O4/c1-7-9-12-19-35(30(39)32-24-17-15-23(16-18-24)29(38)40-8-2)21-28(37)33-27-20-26(31(4,5)6)34-36(27)25-14-11-10-13-22(25)3/h10-11,13-18,20H,7-9,12,19,21H2,1-6H3,(H,32,39)(H,33,37). The smallest absolute Gasteiger partial charge is 0.338 e. The van der Waals surface area contributed by atoms with E-state index in [2.05, 4.69) is 38.3 Å². The van der Waals surface area contributed by atoms with Crippen molar-refractivity contribution in [2.45, 2.75) is 66.2 Å². The summed E-state index contributed by atoms with van der Waals surface area (Å²) in [6.07, 6.45) is 2.70. The molecular formula is C31H41N5O4. The Hall–Kier alpha value is -4.14. The van der Waals surface area contributed by atoms with Crippen LogP contribution < -0.4 is 10.6 Å². The number of nitrogens with one attached hydrogen (secondary N) is 2. The maximum Gasteiger partial charge on any atom is 0.338 e. The summed E-state index contributed by atoms with van der Waals surface area (Å²) >= 11 is 0. The minimum Gasteiger partial charge on any atom is -0.462 e. The lowest BCUT2D eigenvalue weighted by molar-refractivity contribution is -0.116. The lowest BCUT2D eigenvalue weighted by atomic mass is 9.92. The van der Waals surface area contributed by atoms with Crippen LogP contribution in [0.25, 0.3) is 5.69 Å². The van der Waals surface area contributed by atoms with Crippen LogP contribution in [0.3, 0.4) is 0 Å². The van der Waals surface area contributed by atoms with E-state index in [1.165, 1.54) is 4.90 Å². The normalized spacial score (nSPS) is 11.2. The quantitative estimate of drug-likeness (QED) is 0.216. The third kappa shape index (κ3) is 8.18. The lowest BCUT2D eigenvalue weighted by Crippen LogP contribution is -2.41. The molecule has 9 heteroatoms. The van der Waals surface area contributed by atoms with Crippen LogP contribution in [-0.2, 0) is 14.9 Å². The number of ether oxygens (including phenoxy) is 1. The molecule has 0 spiro atoms. The fraction of sp³-hybridized carbons (Fsp3) is 0.419. The van der Waals surface area contributed by atoms with E-state index in [1.807, 2.05) is 37.3 Å². The van der Waals surface area contributed by atoms with Gasteiger partial charge in [-0.3, -0.25) is 4.79 Å². The molecule has 3 amide bonds. The second kappa shape index (κ2) is 13.8. The van der Waals surface area contributed by atoms with Gasteiger partial charge in [-0.1, -0.05) is 58.7 Å².